The van der Waals surface area contributed by atoms with Crippen LogP contribution in [0.5, 0.6) is 0 Å². The van der Waals surface area contributed by atoms with Gasteiger partial charge >= 0.3 is 12.0 Å². The zero-order chi connectivity index (χ0) is 17.2. The Labute approximate surface area is 144 Å². The average Bonchev–Trinajstić information content (AvgIpc) is 2.61. The van der Waals surface area contributed by atoms with Crippen molar-refractivity contribution in [2.24, 2.45) is 5.92 Å². The van der Waals surface area contributed by atoms with E-state index in [-0.39, 0.29) is 12.0 Å². The molecular weight excluding hydrogens is 304 g/mol. The topological polar surface area (TPSA) is 67.4 Å². The van der Waals surface area contributed by atoms with Gasteiger partial charge in [0, 0.05) is 13.1 Å². The number of hydrogen-bond acceptors (Lipinski definition) is 3. The number of urea groups is 1. The quantitative estimate of drug-likeness (QED) is 0.749. The van der Waals surface area contributed by atoms with Crippen molar-refractivity contribution in [1.29, 1.82) is 0 Å². The lowest BCUT2D eigenvalue weighted by Gasteiger charge is -2.21. The number of hydrogen-bond donors (Lipinski definition) is 2. The lowest BCUT2D eigenvalue weighted by molar-refractivity contribution is 0.0526. The molecule has 5 heteroatoms. The molecule has 0 aliphatic heterocycles. The van der Waals surface area contributed by atoms with Gasteiger partial charge in [0.25, 0.3) is 0 Å². The molecule has 1 saturated carbocycles. The SMILES string of the molecule is CCOC(=O)c1ccc(CNC(=O)NCCC2CCCCC2)cc1. The third-order valence-corrected chi connectivity index (χ3v) is 4.48. The molecule has 24 heavy (non-hydrogen) atoms. The van der Waals surface area contributed by atoms with Gasteiger partial charge in [-0.2, -0.15) is 0 Å². The van der Waals surface area contributed by atoms with Crippen LogP contribution in [0.2, 0.25) is 0 Å². The maximum Gasteiger partial charge on any atom is 0.338 e. The van der Waals surface area contributed by atoms with Gasteiger partial charge < -0.3 is 15.4 Å². The van der Waals surface area contributed by atoms with Crippen LogP contribution in [-0.2, 0) is 11.3 Å². The Morgan fingerprint density at radius 2 is 1.79 bits per heavy atom. The highest BCUT2D eigenvalue weighted by Gasteiger charge is 2.13. The molecule has 1 aromatic rings. The first-order valence-corrected chi connectivity index (χ1v) is 8.96. The third kappa shape index (κ3) is 6.22. The van der Waals surface area contributed by atoms with E-state index in [1.54, 1.807) is 19.1 Å². The molecule has 0 radical (unpaired) electrons. The molecule has 2 amide bonds. The Morgan fingerprint density at radius 3 is 2.46 bits per heavy atom. The molecule has 0 unspecified atom stereocenters. The molecule has 1 aliphatic rings. The van der Waals surface area contributed by atoms with Gasteiger partial charge in [-0.15, -0.1) is 0 Å². The summed E-state index contributed by atoms with van der Waals surface area (Å²) in [5.74, 6) is 0.451. The van der Waals surface area contributed by atoms with Crippen LogP contribution in [-0.4, -0.2) is 25.2 Å². The molecule has 0 aromatic heterocycles. The molecule has 132 valence electrons. The van der Waals surface area contributed by atoms with Gasteiger partial charge in [0.15, 0.2) is 0 Å². The predicted molar refractivity (Wildman–Crippen MR) is 93.8 cm³/mol. The number of ether oxygens (including phenoxy) is 1. The van der Waals surface area contributed by atoms with E-state index in [2.05, 4.69) is 10.6 Å². The zero-order valence-electron chi connectivity index (χ0n) is 14.5. The fourth-order valence-corrected chi connectivity index (χ4v) is 3.08. The fraction of sp³-hybridized carbons (Fsp3) is 0.579. The normalized spacial score (nSPS) is 14.9. The summed E-state index contributed by atoms with van der Waals surface area (Å²) in [5, 5.41) is 5.77. The van der Waals surface area contributed by atoms with E-state index in [0.717, 1.165) is 24.4 Å². The Bertz CT molecular complexity index is 522. The number of benzene rings is 1. The zero-order valence-corrected chi connectivity index (χ0v) is 14.5. The van der Waals surface area contributed by atoms with Crippen molar-refractivity contribution >= 4 is 12.0 Å². The highest BCUT2D eigenvalue weighted by atomic mass is 16.5. The number of esters is 1. The summed E-state index contributed by atoms with van der Waals surface area (Å²) in [6.07, 6.45) is 7.70. The molecule has 0 atom stereocenters. The molecule has 0 bridgehead atoms. The highest BCUT2D eigenvalue weighted by molar-refractivity contribution is 5.89. The van der Waals surface area contributed by atoms with Crippen LogP contribution in [0.25, 0.3) is 0 Å². The summed E-state index contributed by atoms with van der Waals surface area (Å²) >= 11 is 0. The van der Waals surface area contributed by atoms with Crippen molar-refractivity contribution in [3.8, 4) is 0 Å². The lowest BCUT2D eigenvalue weighted by atomic mass is 9.87. The second-order valence-electron chi connectivity index (χ2n) is 6.32. The van der Waals surface area contributed by atoms with E-state index >= 15 is 0 Å². The summed E-state index contributed by atoms with van der Waals surface area (Å²) in [6.45, 7) is 3.32. The Morgan fingerprint density at radius 1 is 1.08 bits per heavy atom. The molecule has 5 nitrogen and oxygen atoms in total. The summed E-state index contributed by atoms with van der Waals surface area (Å²) in [5.41, 5.74) is 1.48. The highest BCUT2D eigenvalue weighted by Crippen LogP contribution is 2.25. The van der Waals surface area contributed by atoms with E-state index in [1.807, 2.05) is 12.1 Å². The van der Waals surface area contributed by atoms with Gasteiger partial charge in [-0.1, -0.05) is 44.2 Å². The van der Waals surface area contributed by atoms with E-state index in [1.165, 1.54) is 32.1 Å². The molecule has 2 rings (SSSR count). The number of carbonyl (C=O) groups is 2. The van der Waals surface area contributed by atoms with Gasteiger partial charge in [0.05, 0.1) is 12.2 Å². The number of rotatable bonds is 7. The summed E-state index contributed by atoms with van der Waals surface area (Å²) < 4.78 is 4.94. The average molecular weight is 332 g/mol. The molecular formula is C19H28N2O3. The second kappa shape index (κ2) is 9.96. The van der Waals surface area contributed by atoms with Crippen molar-refractivity contribution in [2.75, 3.05) is 13.2 Å². The fourth-order valence-electron chi connectivity index (χ4n) is 3.08. The van der Waals surface area contributed by atoms with Crippen LogP contribution in [0.15, 0.2) is 24.3 Å². The van der Waals surface area contributed by atoms with Crippen LogP contribution in [0.4, 0.5) is 4.79 Å². The van der Waals surface area contributed by atoms with Crippen molar-refractivity contribution < 1.29 is 14.3 Å². The van der Waals surface area contributed by atoms with Crippen LogP contribution >= 0.6 is 0 Å². The monoisotopic (exact) mass is 332 g/mol. The summed E-state index contributed by atoms with van der Waals surface area (Å²) in [6, 6.07) is 6.95. The predicted octanol–water partition coefficient (Wildman–Crippen LogP) is 3.63. The van der Waals surface area contributed by atoms with Gasteiger partial charge in [0.1, 0.15) is 0 Å². The van der Waals surface area contributed by atoms with Crippen LogP contribution in [0, 0.1) is 5.92 Å². The molecule has 1 aliphatic carbocycles. The Balaban J connectivity index is 1.64. The number of amides is 2. The van der Waals surface area contributed by atoms with E-state index in [0.29, 0.717) is 18.7 Å². The van der Waals surface area contributed by atoms with Gasteiger partial charge in [0.2, 0.25) is 0 Å². The standard InChI is InChI=1S/C19H28N2O3/c1-2-24-18(22)17-10-8-16(9-11-17)14-21-19(23)20-13-12-15-6-4-3-5-7-15/h8-11,15H,2-7,12-14H2,1H3,(H2,20,21,23). The van der Waals surface area contributed by atoms with Crippen LogP contribution in [0.1, 0.15) is 61.4 Å². The minimum absolute atomic E-state index is 0.139. The number of carbonyl (C=O) groups excluding carboxylic acids is 2. The first-order chi connectivity index (χ1) is 11.7. The maximum atomic E-state index is 11.8. The summed E-state index contributed by atoms with van der Waals surface area (Å²) in [4.78, 5) is 23.4. The largest absolute Gasteiger partial charge is 0.462 e. The van der Waals surface area contributed by atoms with E-state index < -0.39 is 0 Å². The molecule has 0 heterocycles. The van der Waals surface area contributed by atoms with Gasteiger partial charge in [-0.3, -0.25) is 0 Å². The van der Waals surface area contributed by atoms with Crippen molar-refractivity contribution in [1.82, 2.24) is 10.6 Å². The van der Waals surface area contributed by atoms with Crippen LogP contribution < -0.4 is 10.6 Å². The number of nitrogens with one attached hydrogen (secondary N) is 2. The minimum Gasteiger partial charge on any atom is -0.462 e. The smallest absolute Gasteiger partial charge is 0.338 e. The molecule has 1 fully saturated rings. The van der Waals surface area contributed by atoms with Gasteiger partial charge in [-0.25, -0.2) is 9.59 Å². The Kier molecular flexibility index (Phi) is 7.59. The molecule has 0 spiro atoms. The van der Waals surface area contributed by atoms with Crippen molar-refractivity contribution in [2.45, 2.75) is 52.0 Å². The van der Waals surface area contributed by atoms with Gasteiger partial charge in [-0.05, 0) is 37.0 Å². The third-order valence-electron chi connectivity index (χ3n) is 4.48. The lowest BCUT2D eigenvalue weighted by Crippen LogP contribution is -2.36. The molecule has 2 N–H and O–H groups in total. The van der Waals surface area contributed by atoms with Crippen molar-refractivity contribution in [3.05, 3.63) is 35.4 Å². The van der Waals surface area contributed by atoms with Crippen molar-refractivity contribution in [3.63, 3.8) is 0 Å². The maximum absolute atomic E-state index is 11.8. The first-order valence-electron chi connectivity index (χ1n) is 8.96. The minimum atomic E-state index is -0.322. The Hall–Kier alpha value is -2.04. The first kappa shape index (κ1) is 18.3. The summed E-state index contributed by atoms with van der Waals surface area (Å²) in [7, 11) is 0. The van der Waals surface area contributed by atoms with E-state index in [9.17, 15) is 9.59 Å². The van der Waals surface area contributed by atoms with Crippen LogP contribution in [0.3, 0.4) is 0 Å². The molecule has 0 saturated heterocycles. The van der Waals surface area contributed by atoms with E-state index in [4.69, 9.17) is 4.74 Å². The second-order valence-corrected chi connectivity index (χ2v) is 6.32. The molecule has 1 aromatic carbocycles.